The monoisotopic (exact) mass is 512 g/mol. The minimum atomic E-state index is 1.38. The first-order valence-electron chi connectivity index (χ1n) is 11.6. The van der Waals surface area contributed by atoms with Crippen LogP contribution in [-0.4, -0.2) is 0 Å². The largest absolute Gasteiger partial charge is 0.140 e. The first-order chi connectivity index (χ1) is 16.3. The van der Waals surface area contributed by atoms with Gasteiger partial charge in [-0.15, -0.1) is 45.3 Å². The molecule has 0 nitrogen and oxygen atoms in total. The highest BCUT2D eigenvalue weighted by molar-refractivity contribution is 7.29. The summed E-state index contributed by atoms with van der Waals surface area (Å²) >= 11 is 7.80. The highest BCUT2D eigenvalue weighted by atomic mass is 32.1. The van der Waals surface area contributed by atoms with Crippen molar-refractivity contribution in [1.29, 1.82) is 0 Å². The maximum absolute atomic E-state index is 2.45. The van der Waals surface area contributed by atoms with Gasteiger partial charge in [-0.05, 0) is 122 Å². The van der Waals surface area contributed by atoms with Crippen LogP contribution in [0.1, 0.15) is 32.0 Å². The molecular weight excluding hydrogens is 489 g/mol. The number of rotatable bonds is 1. The number of hydrogen-bond donors (Lipinski definition) is 0. The van der Waals surface area contributed by atoms with Gasteiger partial charge < -0.3 is 0 Å². The van der Waals surface area contributed by atoms with E-state index in [1.54, 1.807) is 0 Å². The van der Waals surface area contributed by atoms with Crippen LogP contribution in [-0.2, 0) is 0 Å². The molecule has 4 heterocycles. The average Bonchev–Trinajstić information content (AvgIpc) is 3.56. The van der Waals surface area contributed by atoms with Gasteiger partial charge in [0.25, 0.3) is 0 Å². The van der Waals surface area contributed by atoms with Gasteiger partial charge in [-0.1, -0.05) is 0 Å². The summed E-state index contributed by atoms with van der Waals surface area (Å²) in [7, 11) is 0. The van der Waals surface area contributed by atoms with E-state index >= 15 is 0 Å². The normalized spacial score (nSPS) is 12.4. The zero-order valence-electron chi connectivity index (χ0n) is 20.1. The summed E-state index contributed by atoms with van der Waals surface area (Å²) in [5.41, 5.74) is 5.64. The second-order valence-electron chi connectivity index (χ2n) is 9.64. The maximum atomic E-state index is 2.45. The summed E-state index contributed by atoms with van der Waals surface area (Å²) in [6, 6.07) is 14.4. The lowest BCUT2D eigenvalue weighted by molar-refractivity contribution is 1.55. The van der Waals surface area contributed by atoms with Gasteiger partial charge >= 0.3 is 0 Å². The fourth-order valence-corrected chi connectivity index (χ4v) is 10.3. The molecule has 7 aromatic rings. The van der Waals surface area contributed by atoms with Gasteiger partial charge in [-0.25, -0.2) is 0 Å². The van der Waals surface area contributed by atoms with Gasteiger partial charge in [0, 0.05) is 49.1 Å². The first-order valence-corrected chi connectivity index (χ1v) is 14.9. The molecule has 0 aliphatic heterocycles. The number of benzene rings is 3. The van der Waals surface area contributed by atoms with Crippen LogP contribution < -0.4 is 0 Å². The van der Waals surface area contributed by atoms with E-state index in [9.17, 15) is 0 Å². The molecule has 0 unspecified atom stereocenters. The third-order valence-electron chi connectivity index (χ3n) is 7.26. The summed E-state index contributed by atoms with van der Waals surface area (Å²) in [5.74, 6) is 0. The van der Waals surface area contributed by atoms with Crippen LogP contribution in [0.4, 0.5) is 0 Å². The molecule has 0 saturated heterocycles. The van der Waals surface area contributed by atoms with Gasteiger partial charge in [-0.2, -0.15) is 0 Å². The molecule has 0 saturated carbocycles. The van der Waals surface area contributed by atoms with Crippen molar-refractivity contribution in [1.82, 2.24) is 0 Å². The highest BCUT2D eigenvalue weighted by Crippen LogP contribution is 2.48. The molecule has 0 fully saturated rings. The van der Waals surface area contributed by atoms with E-state index in [4.69, 9.17) is 0 Å². The lowest BCUT2D eigenvalue weighted by atomic mass is 9.99. The zero-order chi connectivity index (χ0) is 23.5. The molecule has 3 aromatic carbocycles. The Hall–Kier alpha value is -2.24. The second kappa shape index (κ2) is 7.14. The van der Waals surface area contributed by atoms with E-state index in [1.807, 2.05) is 45.3 Å². The molecule has 0 bridgehead atoms. The Morgan fingerprint density at radius 3 is 1.44 bits per heavy atom. The summed E-state index contributed by atoms with van der Waals surface area (Å²) in [5, 5.41) is 8.50. The standard InChI is InChI=1S/C30H24S4/c1-13-7-24-23(29-19(13)9-15(3)32-29)8-14(2)20-11-25(34-30(20)24)26-12-22-18(6)27-21(10-16(4)31-27)17(5)28(22)33-26/h7-12H,1-6H3. The van der Waals surface area contributed by atoms with Crippen LogP contribution in [0.15, 0.2) is 36.4 Å². The Balaban J connectivity index is 1.52. The van der Waals surface area contributed by atoms with Crippen molar-refractivity contribution in [2.45, 2.75) is 41.5 Å². The van der Waals surface area contributed by atoms with Crippen LogP contribution in [0.3, 0.4) is 0 Å². The fraction of sp³-hybridized carbons (Fsp3) is 0.200. The zero-order valence-corrected chi connectivity index (χ0v) is 23.4. The smallest absolute Gasteiger partial charge is 0.0455 e. The summed E-state index contributed by atoms with van der Waals surface area (Å²) < 4.78 is 5.78. The molecular formula is C30H24S4. The predicted octanol–water partition coefficient (Wildman–Crippen LogP) is 11.2. The van der Waals surface area contributed by atoms with Crippen molar-refractivity contribution in [3.63, 3.8) is 0 Å². The molecule has 7 rings (SSSR count). The Kier molecular flexibility index (Phi) is 4.43. The lowest BCUT2D eigenvalue weighted by Crippen LogP contribution is -1.81. The Bertz CT molecular complexity index is 1910. The van der Waals surface area contributed by atoms with E-state index in [0.717, 1.165) is 0 Å². The van der Waals surface area contributed by atoms with Gasteiger partial charge in [0.15, 0.2) is 0 Å². The molecule has 0 amide bonds. The quantitative estimate of drug-likeness (QED) is 0.205. The van der Waals surface area contributed by atoms with Crippen molar-refractivity contribution >= 4 is 96.5 Å². The molecule has 34 heavy (non-hydrogen) atoms. The maximum Gasteiger partial charge on any atom is 0.0455 e. The van der Waals surface area contributed by atoms with Gasteiger partial charge in [0.1, 0.15) is 0 Å². The molecule has 0 radical (unpaired) electrons. The first kappa shape index (κ1) is 21.1. The van der Waals surface area contributed by atoms with Crippen molar-refractivity contribution in [3.05, 3.63) is 68.4 Å². The number of hydrogen-bond acceptors (Lipinski definition) is 4. The fourth-order valence-electron chi connectivity index (χ4n) is 5.52. The van der Waals surface area contributed by atoms with Crippen LogP contribution in [0.5, 0.6) is 0 Å². The highest BCUT2D eigenvalue weighted by Gasteiger charge is 2.18. The second-order valence-corrected chi connectivity index (χ2v) is 14.3. The third kappa shape index (κ3) is 2.80. The number of aryl methyl sites for hydroxylation is 6. The van der Waals surface area contributed by atoms with E-state index in [-0.39, 0.29) is 0 Å². The van der Waals surface area contributed by atoms with E-state index < -0.39 is 0 Å². The summed E-state index contributed by atoms with van der Waals surface area (Å²) in [6.45, 7) is 13.6. The Morgan fingerprint density at radius 2 is 0.794 bits per heavy atom. The molecule has 4 aromatic heterocycles. The topological polar surface area (TPSA) is 0 Å². The Morgan fingerprint density at radius 1 is 0.382 bits per heavy atom. The molecule has 0 aliphatic rings. The molecule has 0 atom stereocenters. The van der Waals surface area contributed by atoms with Crippen molar-refractivity contribution in [2.75, 3.05) is 0 Å². The van der Waals surface area contributed by atoms with Crippen molar-refractivity contribution < 1.29 is 0 Å². The van der Waals surface area contributed by atoms with Crippen LogP contribution >= 0.6 is 45.3 Å². The minimum absolute atomic E-state index is 1.38. The minimum Gasteiger partial charge on any atom is -0.140 e. The Labute approximate surface area is 215 Å². The van der Waals surface area contributed by atoms with Crippen LogP contribution in [0.25, 0.3) is 60.9 Å². The van der Waals surface area contributed by atoms with E-state index in [1.165, 1.54) is 92.9 Å². The molecule has 4 heteroatoms. The molecule has 168 valence electrons. The number of thiophene rings is 4. The number of fused-ring (bicyclic) bond motifs is 7. The van der Waals surface area contributed by atoms with Gasteiger partial charge in [0.05, 0.1) is 0 Å². The van der Waals surface area contributed by atoms with E-state index in [0.29, 0.717) is 0 Å². The molecule has 0 aliphatic carbocycles. The molecule has 0 spiro atoms. The van der Waals surface area contributed by atoms with Crippen LogP contribution in [0.2, 0.25) is 0 Å². The van der Waals surface area contributed by atoms with Crippen molar-refractivity contribution in [3.8, 4) is 9.75 Å². The van der Waals surface area contributed by atoms with Crippen LogP contribution in [0, 0.1) is 41.5 Å². The lowest BCUT2D eigenvalue weighted by Gasteiger charge is -2.07. The van der Waals surface area contributed by atoms with Gasteiger partial charge in [-0.3, -0.25) is 0 Å². The molecule has 0 N–H and O–H groups in total. The third-order valence-corrected chi connectivity index (χ3v) is 12.1. The average molecular weight is 513 g/mol. The summed E-state index contributed by atoms with van der Waals surface area (Å²) in [6.07, 6.45) is 0. The predicted molar refractivity (Wildman–Crippen MR) is 159 cm³/mol. The van der Waals surface area contributed by atoms with E-state index in [2.05, 4.69) is 77.9 Å². The van der Waals surface area contributed by atoms with Crippen molar-refractivity contribution in [2.24, 2.45) is 0 Å². The summed E-state index contributed by atoms with van der Waals surface area (Å²) in [4.78, 5) is 5.58. The van der Waals surface area contributed by atoms with Gasteiger partial charge in [0.2, 0.25) is 0 Å². The SMILES string of the molecule is Cc1cc2c(C)c3sc(-c4cc5c(C)cc6c(cc(C)c7cc(C)sc76)c5s4)cc3c(C)c2s1.